The van der Waals surface area contributed by atoms with Crippen LogP contribution in [0.25, 0.3) is 0 Å². The third kappa shape index (κ3) is 2.96. The third-order valence-corrected chi connectivity index (χ3v) is 2.71. The van der Waals surface area contributed by atoms with E-state index < -0.39 is 17.5 Å². The highest BCUT2D eigenvalue weighted by atomic mass is 19.2. The molecule has 0 saturated carbocycles. The van der Waals surface area contributed by atoms with Gasteiger partial charge in [0.1, 0.15) is 11.4 Å². The summed E-state index contributed by atoms with van der Waals surface area (Å²) in [6, 6.07) is 6.76. The summed E-state index contributed by atoms with van der Waals surface area (Å²) in [5, 5.41) is 0. The molecule has 0 fully saturated rings. The lowest BCUT2D eigenvalue weighted by molar-refractivity contribution is 0.356. The van der Waals surface area contributed by atoms with Crippen molar-refractivity contribution in [3.05, 3.63) is 47.8 Å². The van der Waals surface area contributed by atoms with Crippen molar-refractivity contribution in [3.8, 4) is 11.5 Å². The van der Waals surface area contributed by atoms with Gasteiger partial charge in [0.15, 0.2) is 29.0 Å². The second-order valence-corrected chi connectivity index (χ2v) is 3.96. The molecule has 1 radical (unpaired) electrons. The van der Waals surface area contributed by atoms with Gasteiger partial charge in [0.2, 0.25) is 0 Å². The van der Waals surface area contributed by atoms with Crippen LogP contribution in [-0.4, -0.2) is 14.2 Å². The Balaban J connectivity index is 2.23. The number of nitrogens with one attached hydrogen (secondary N) is 1. The maximum absolute atomic E-state index is 13.5. The minimum Gasteiger partial charge on any atom is -0.493 e. The molecule has 21 heavy (non-hydrogen) atoms. The van der Waals surface area contributed by atoms with Crippen LogP contribution in [0.1, 0.15) is 0 Å². The van der Waals surface area contributed by atoms with Gasteiger partial charge in [-0.05, 0) is 24.3 Å². The van der Waals surface area contributed by atoms with Gasteiger partial charge in [-0.25, -0.2) is 13.2 Å². The molecule has 2 aromatic rings. The van der Waals surface area contributed by atoms with Crippen LogP contribution in [0.3, 0.4) is 0 Å². The maximum atomic E-state index is 13.5. The van der Waals surface area contributed by atoms with Gasteiger partial charge in [-0.1, -0.05) is 6.07 Å². The van der Waals surface area contributed by atoms with Crippen molar-refractivity contribution >= 4 is 11.4 Å². The minimum atomic E-state index is -1.57. The Hall–Kier alpha value is -2.57. The average Bonchev–Trinajstić information content (AvgIpc) is 2.51. The molecule has 0 spiro atoms. The molecule has 0 aliphatic heterocycles. The van der Waals surface area contributed by atoms with Crippen LogP contribution in [0, 0.1) is 17.5 Å². The molecule has 0 amide bonds. The highest BCUT2D eigenvalue weighted by Crippen LogP contribution is 2.34. The molecule has 0 aliphatic carbocycles. The fourth-order valence-corrected chi connectivity index (χ4v) is 1.70. The molecule has 0 saturated heterocycles. The predicted molar refractivity (Wildman–Crippen MR) is 71.3 cm³/mol. The number of hydrogen-bond donors (Lipinski definition) is 1. The Labute approximate surface area is 119 Å². The van der Waals surface area contributed by atoms with E-state index in [2.05, 4.69) is 10.9 Å². The predicted octanol–water partition coefficient (Wildman–Crippen LogP) is 3.38. The van der Waals surface area contributed by atoms with Crippen molar-refractivity contribution in [1.29, 1.82) is 0 Å². The number of benzene rings is 2. The Bertz CT molecular complexity index is 650. The third-order valence-electron chi connectivity index (χ3n) is 2.71. The first-order valence-electron chi connectivity index (χ1n) is 5.89. The van der Waals surface area contributed by atoms with Gasteiger partial charge < -0.3 is 9.47 Å². The molecule has 111 valence electrons. The van der Waals surface area contributed by atoms with Gasteiger partial charge in [0.05, 0.1) is 14.2 Å². The van der Waals surface area contributed by atoms with Crippen LogP contribution in [0.4, 0.5) is 24.5 Å². The lowest BCUT2D eigenvalue weighted by Gasteiger charge is -2.14. The molecule has 4 nitrogen and oxygen atoms in total. The zero-order valence-electron chi connectivity index (χ0n) is 11.3. The van der Waals surface area contributed by atoms with Gasteiger partial charge in [-0.2, -0.15) is 5.43 Å². The van der Waals surface area contributed by atoms with E-state index in [0.29, 0.717) is 17.2 Å². The van der Waals surface area contributed by atoms with Crippen LogP contribution in [0.5, 0.6) is 11.5 Å². The monoisotopic (exact) mass is 297 g/mol. The summed E-state index contributed by atoms with van der Waals surface area (Å²) in [4.78, 5) is 0. The summed E-state index contributed by atoms with van der Waals surface area (Å²) < 4.78 is 49.7. The molecule has 7 heteroatoms. The quantitative estimate of drug-likeness (QED) is 0.679. The maximum Gasteiger partial charge on any atom is 0.196 e. The number of halogens is 3. The Morgan fingerprint density at radius 3 is 2.38 bits per heavy atom. The van der Waals surface area contributed by atoms with Crippen LogP contribution in [0.2, 0.25) is 0 Å². The first-order chi connectivity index (χ1) is 10.1. The molecule has 0 aliphatic rings. The molecule has 2 aromatic carbocycles. The second-order valence-electron chi connectivity index (χ2n) is 3.96. The molecule has 2 rings (SSSR count). The molecular weight excluding hydrogens is 285 g/mol. The normalized spacial score (nSPS) is 10.1. The molecule has 0 heterocycles. The number of ether oxygens (including phenoxy) is 2. The van der Waals surface area contributed by atoms with Crippen molar-refractivity contribution in [2.45, 2.75) is 0 Å². The van der Waals surface area contributed by atoms with Crippen molar-refractivity contribution in [3.63, 3.8) is 0 Å². The van der Waals surface area contributed by atoms with Gasteiger partial charge >= 0.3 is 0 Å². The summed E-state index contributed by atoms with van der Waals surface area (Å²) in [5.74, 6) is -3.42. The summed E-state index contributed by atoms with van der Waals surface area (Å²) in [7, 11) is 2.90. The number of para-hydroxylation sites is 1. The van der Waals surface area contributed by atoms with E-state index >= 15 is 0 Å². The Morgan fingerprint density at radius 2 is 1.71 bits per heavy atom. The molecule has 0 bridgehead atoms. The number of nitrogens with zero attached hydrogens (tertiary/aromatic N) is 1. The molecule has 1 N–H and O–H groups in total. The topological polar surface area (TPSA) is 44.6 Å². The number of rotatable bonds is 5. The summed E-state index contributed by atoms with van der Waals surface area (Å²) >= 11 is 0. The van der Waals surface area contributed by atoms with Gasteiger partial charge in [0.25, 0.3) is 0 Å². The fourth-order valence-electron chi connectivity index (χ4n) is 1.70. The molecule has 0 unspecified atom stereocenters. The summed E-state index contributed by atoms with van der Waals surface area (Å²) in [5.41, 5.74) is 6.26. The average molecular weight is 297 g/mol. The van der Waals surface area contributed by atoms with Crippen molar-refractivity contribution in [1.82, 2.24) is 5.43 Å². The van der Waals surface area contributed by atoms with E-state index in [9.17, 15) is 13.2 Å². The van der Waals surface area contributed by atoms with E-state index in [1.807, 2.05) is 0 Å². The molecule has 0 aromatic heterocycles. The number of methoxy groups -OCH3 is 2. The zero-order valence-corrected chi connectivity index (χ0v) is 11.3. The zero-order chi connectivity index (χ0) is 15.4. The second kappa shape index (κ2) is 6.25. The Morgan fingerprint density at radius 1 is 0.952 bits per heavy atom. The van der Waals surface area contributed by atoms with E-state index in [-0.39, 0.29) is 5.69 Å². The van der Waals surface area contributed by atoms with Gasteiger partial charge in [-0.3, -0.25) is 5.43 Å². The van der Waals surface area contributed by atoms with Gasteiger partial charge in [0, 0.05) is 0 Å². The largest absolute Gasteiger partial charge is 0.493 e. The van der Waals surface area contributed by atoms with Crippen LogP contribution in [-0.2, 0) is 0 Å². The van der Waals surface area contributed by atoms with Crippen LogP contribution in [0.15, 0.2) is 30.3 Å². The van der Waals surface area contributed by atoms with Crippen molar-refractivity contribution in [2.24, 2.45) is 0 Å². The highest BCUT2D eigenvalue weighted by Gasteiger charge is 2.15. The standard InChI is InChI=1S/C14H12F3N2O2/c1-20-11-5-3-4-10(14(11)21-2)19-18-9-7-6-8(15)12(16)13(9)17/h3-7,19H,1-2H3. The Kier molecular flexibility index (Phi) is 4.42. The van der Waals surface area contributed by atoms with Crippen LogP contribution < -0.4 is 20.3 Å². The smallest absolute Gasteiger partial charge is 0.196 e. The minimum absolute atomic E-state index is 0.353. The first-order valence-corrected chi connectivity index (χ1v) is 5.89. The first kappa shape index (κ1) is 14.8. The lowest BCUT2D eigenvalue weighted by Crippen LogP contribution is -2.11. The lowest BCUT2D eigenvalue weighted by atomic mass is 10.2. The fraction of sp³-hybridized carbons (Fsp3) is 0.143. The van der Waals surface area contributed by atoms with E-state index in [4.69, 9.17) is 9.47 Å². The van der Waals surface area contributed by atoms with Crippen LogP contribution >= 0.6 is 0 Å². The summed E-state index contributed by atoms with van der Waals surface area (Å²) in [6.07, 6.45) is 0. The van der Waals surface area contributed by atoms with E-state index in [1.165, 1.54) is 14.2 Å². The SMILES string of the molecule is COc1cccc(N[N]c2ccc(F)c(F)c2F)c1OC. The number of hydrogen-bond acceptors (Lipinski definition) is 3. The molecule has 0 atom stereocenters. The highest BCUT2D eigenvalue weighted by molar-refractivity contribution is 5.63. The number of anilines is 1. The van der Waals surface area contributed by atoms with E-state index in [0.717, 1.165) is 12.1 Å². The van der Waals surface area contributed by atoms with E-state index in [1.54, 1.807) is 18.2 Å². The van der Waals surface area contributed by atoms with Gasteiger partial charge in [-0.15, -0.1) is 0 Å². The van der Waals surface area contributed by atoms with Crippen molar-refractivity contribution in [2.75, 3.05) is 19.6 Å². The summed E-state index contributed by atoms with van der Waals surface area (Å²) in [6.45, 7) is 0. The molecular formula is C14H12F3N2O2. The van der Waals surface area contributed by atoms with Crippen molar-refractivity contribution < 1.29 is 22.6 Å².